The average molecular weight is 383 g/mol. The Labute approximate surface area is 157 Å². The summed E-state index contributed by atoms with van der Waals surface area (Å²) in [6.07, 6.45) is 2.19. The van der Waals surface area contributed by atoms with Crippen LogP contribution < -0.4 is 4.31 Å². The molecule has 0 saturated heterocycles. The fraction of sp³-hybridized carbons (Fsp3) is 0.111. The number of thiazole rings is 1. The molecule has 0 spiro atoms. The van der Waals surface area contributed by atoms with Crippen LogP contribution in [0.5, 0.6) is 0 Å². The van der Waals surface area contributed by atoms with E-state index < -0.39 is 0 Å². The molecule has 0 amide bonds. The van der Waals surface area contributed by atoms with Crippen LogP contribution in [0.3, 0.4) is 0 Å². The first kappa shape index (κ1) is 16.2. The van der Waals surface area contributed by atoms with Crippen molar-refractivity contribution in [1.29, 1.82) is 5.26 Å². The summed E-state index contributed by atoms with van der Waals surface area (Å²) in [7, 11) is 2.08. The van der Waals surface area contributed by atoms with E-state index in [2.05, 4.69) is 69.2 Å². The molecule has 1 N–H and O–H groups in total. The molecule has 3 heterocycles. The van der Waals surface area contributed by atoms with Gasteiger partial charge in [0.1, 0.15) is 5.01 Å². The number of H-pyrrole nitrogens is 1. The highest BCUT2D eigenvalue weighted by atomic mass is 32.2. The number of aromatic amines is 1. The highest BCUT2D eigenvalue weighted by Gasteiger charge is 2.13. The summed E-state index contributed by atoms with van der Waals surface area (Å²) >= 11 is 5.02. The summed E-state index contributed by atoms with van der Waals surface area (Å²) in [4.78, 5) is 8.95. The van der Waals surface area contributed by atoms with Crippen molar-refractivity contribution in [1.82, 2.24) is 9.97 Å². The first-order valence-corrected chi connectivity index (χ1v) is 10.1. The Hall–Kier alpha value is -2.27. The fourth-order valence-electron chi connectivity index (χ4n) is 2.61. The van der Waals surface area contributed by atoms with E-state index >= 15 is 0 Å². The zero-order valence-corrected chi connectivity index (χ0v) is 15.8. The van der Waals surface area contributed by atoms with Gasteiger partial charge in [-0.2, -0.15) is 5.26 Å². The van der Waals surface area contributed by atoms with Crippen LogP contribution in [0.15, 0.2) is 52.2 Å². The summed E-state index contributed by atoms with van der Waals surface area (Å²) in [5.74, 6) is 0. The third-order valence-electron chi connectivity index (χ3n) is 3.73. The van der Waals surface area contributed by atoms with E-state index in [0.717, 1.165) is 32.2 Å². The standard InChI is InChI=1S/C18H14N4S3/c1-22(25-16-6-3-9-23-16)15-5-2-4-12-10-14(21-17(12)15)18-20-11-13(24-18)7-8-19/h2-6,9-11,21H,7H2,1H3. The predicted octanol–water partition coefficient (Wildman–Crippen LogP) is 5.56. The SMILES string of the molecule is CN(Sc1cccs1)c1cccc2cc(-c3ncc(CC#N)s3)[nH]c12. The van der Waals surface area contributed by atoms with Crippen LogP contribution in [0.25, 0.3) is 21.6 Å². The van der Waals surface area contributed by atoms with Crippen molar-refractivity contribution in [2.45, 2.75) is 10.6 Å². The number of nitriles is 1. The molecule has 0 aliphatic rings. The van der Waals surface area contributed by atoms with Crippen molar-refractivity contribution in [2.24, 2.45) is 0 Å². The molecule has 4 rings (SSSR count). The molecular weight excluding hydrogens is 368 g/mol. The molecule has 0 radical (unpaired) electrons. The summed E-state index contributed by atoms with van der Waals surface area (Å²) < 4.78 is 3.43. The number of para-hydroxylation sites is 1. The van der Waals surface area contributed by atoms with Gasteiger partial charge in [-0.3, -0.25) is 0 Å². The van der Waals surface area contributed by atoms with Crippen LogP contribution in [-0.4, -0.2) is 17.0 Å². The number of nitrogens with zero attached hydrogens (tertiary/aromatic N) is 3. The molecule has 0 bridgehead atoms. The van der Waals surface area contributed by atoms with Crippen molar-refractivity contribution in [2.75, 3.05) is 11.4 Å². The maximum absolute atomic E-state index is 8.83. The number of rotatable bonds is 5. The molecule has 4 nitrogen and oxygen atoms in total. The Balaban J connectivity index is 1.69. The molecule has 0 atom stereocenters. The van der Waals surface area contributed by atoms with Gasteiger partial charge in [0.05, 0.1) is 33.6 Å². The van der Waals surface area contributed by atoms with Crippen molar-refractivity contribution in [3.63, 3.8) is 0 Å². The first-order valence-electron chi connectivity index (χ1n) is 7.63. The van der Waals surface area contributed by atoms with Crippen LogP contribution in [0, 0.1) is 11.3 Å². The van der Waals surface area contributed by atoms with E-state index in [0.29, 0.717) is 6.42 Å². The van der Waals surface area contributed by atoms with Crippen molar-refractivity contribution in [3.8, 4) is 16.8 Å². The van der Waals surface area contributed by atoms with Crippen LogP contribution >= 0.6 is 34.6 Å². The lowest BCUT2D eigenvalue weighted by molar-refractivity contribution is 1.27. The number of hydrogen-bond donors (Lipinski definition) is 1. The molecule has 0 fully saturated rings. The quantitative estimate of drug-likeness (QED) is 0.459. The van der Waals surface area contributed by atoms with Gasteiger partial charge in [0.2, 0.25) is 0 Å². The Morgan fingerprint density at radius 2 is 2.24 bits per heavy atom. The molecule has 0 unspecified atom stereocenters. The number of hydrogen-bond acceptors (Lipinski definition) is 6. The molecule has 1 aromatic carbocycles. The lowest BCUT2D eigenvalue weighted by Crippen LogP contribution is -2.05. The molecule has 7 heteroatoms. The minimum atomic E-state index is 0.406. The molecule has 0 saturated carbocycles. The lowest BCUT2D eigenvalue weighted by atomic mass is 10.2. The van der Waals surface area contributed by atoms with Crippen LogP contribution in [-0.2, 0) is 6.42 Å². The van der Waals surface area contributed by atoms with Crippen molar-refractivity contribution >= 4 is 51.2 Å². The van der Waals surface area contributed by atoms with Gasteiger partial charge in [-0.1, -0.05) is 18.2 Å². The normalized spacial score (nSPS) is 10.9. The van der Waals surface area contributed by atoms with Gasteiger partial charge in [0, 0.05) is 23.5 Å². The highest BCUT2D eigenvalue weighted by molar-refractivity contribution is 8.02. The van der Waals surface area contributed by atoms with Gasteiger partial charge in [0.15, 0.2) is 0 Å². The summed E-state index contributed by atoms with van der Waals surface area (Å²) in [6.45, 7) is 0. The third-order valence-corrected chi connectivity index (χ3v) is 6.72. The number of thiophene rings is 1. The molecule has 0 aliphatic carbocycles. The number of aromatic nitrogens is 2. The maximum Gasteiger partial charge on any atom is 0.139 e. The second-order valence-electron chi connectivity index (χ2n) is 5.41. The van der Waals surface area contributed by atoms with Gasteiger partial charge < -0.3 is 9.29 Å². The second-order valence-corrected chi connectivity index (χ2v) is 8.90. The minimum absolute atomic E-state index is 0.406. The Kier molecular flexibility index (Phi) is 4.49. The first-order chi connectivity index (χ1) is 12.2. The monoisotopic (exact) mass is 382 g/mol. The molecule has 124 valence electrons. The largest absolute Gasteiger partial charge is 0.351 e. The molecular formula is C18H14N4S3. The van der Waals surface area contributed by atoms with Crippen molar-refractivity contribution < 1.29 is 0 Å². The number of fused-ring (bicyclic) bond motifs is 1. The summed E-state index contributed by atoms with van der Waals surface area (Å²) in [5, 5.41) is 13.0. The smallest absolute Gasteiger partial charge is 0.139 e. The fourth-order valence-corrected chi connectivity index (χ4v) is 5.21. The Morgan fingerprint density at radius 3 is 3.04 bits per heavy atom. The van der Waals surface area contributed by atoms with E-state index in [-0.39, 0.29) is 0 Å². The minimum Gasteiger partial charge on any atom is -0.351 e. The van der Waals surface area contributed by atoms with Gasteiger partial charge in [0.25, 0.3) is 0 Å². The molecule has 25 heavy (non-hydrogen) atoms. The predicted molar refractivity (Wildman–Crippen MR) is 107 cm³/mol. The Morgan fingerprint density at radius 1 is 1.32 bits per heavy atom. The van der Waals surface area contributed by atoms with Crippen LogP contribution in [0.2, 0.25) is 0 Å². The zero-order chi connectivity index (χ0) is 17.2. The maximum atomic E-state index is 8.83. The molecule has 3 aromatic heterocycles. The average Bonchev–Trinajstić information content (AvgIpc) is 3.34. The second kappa shape index (κ2) is 6.92. The number of benzene rings is 1. The van der Waals surface area contributed by atoms with Crippen molar-refractivity contribution in [3.05, 3.63) is 52.9 Å². The summed E-state index contributed by atoms with van der Waals surface area (Å²) in [5.41, 5.74) is 3.23. The molecule has 4 aromatic rings. The van der Waals surface area contributed by atoms with E-state index in [1.807, 2.05) is 0 Å². The van der Waals surface area contributed by atoms with Gasteiger partial charge in [-0.15, -0.1) is 22.7 Å². The molecule has 0 aliphatic heterocycles. The van der Waals surface area contributed by atoms with E-state index in [1.165, 1.54) is 4.21 Å². The van der Waals surface area contributed by atoms with Gasteiger partial charge >= 0.3 is 0 Å². The van der Waals surface area contributed by atoms with Gasteiger partial charge in [-0.05, 0) is 35.5 Å². The van der Waals surface area contributed by atoms with E-state index in [4.69, 9.17) is 5.26 Å². The van der Waals surface area contributed by atoms with E-state index in [9.17, 15) is 0 Å². The van der Waals surface area contributed by atoms with Gasteiger partial charge in [-0.25, -0.2) is 4.98 Å². The number of nitrogens with one attached hydrogen (secondary N) is 1. The van der Waals surface area contributed by atoms with Crippen LogP contribution in [0.1, 0.15) is 4.88 Å². The number of anilines is 1. The topological polar surface area (TPSA) is 55.7 Å². The summed E-state index contributed by atoms with van der Waals surface area (Å²) in [6, 6.07) is 14.8. The third kappa shape index (κ3) is 3.29. The zero-order valence-electron chi connectivity index (χ0n) is 13.4. The lowest BCUT2D eigenvalue weighted by Gasteiger charge is -2.17. The highest BCUT2D eigenvalue weighted by Crippen LogP contribution is 2.36. The van der Waals surface area contributed by atoms with E-state index in [1.54, 1.807) is 40.8 Å². The van der Waals surface area contributed by atoms with Crippen LogP contribution in [0.4, 0.5) is 5.69 Å². The Bertz CT molecular complexity index is 1040.